The maximum Gasteiger partial charge on any atom is 0.229 e. The van der Waals surface area contributed by atoms with Crippen LogP contribution in [0.4, 0.5) is 0 Å². The molecule has 14 nitrogen and oxygen atoms in total. The minimum atomic E-state index is -1.75. The first kappa shape index (κ1) is 39.5. The van der Waals surface area contributed by atoms with Crippen LogP contribution in [0.1, 0.15) is 85.8 Å². The summed E-state index contributed by atoms with van der Waals surface area (Å²) in [6.07, 6.45) is -8.73. The summed E-state index contributed by atoms with van der Waals surface area (Å²) in [6, 6.07) is 28.5. The fourth-order valence-electron chi connectivity index (χ4n) is 10.4. The molecule has 0 bridgehead atoms. The van der Waals surface area contributed by atoms with E-state index in [-0.39, 0.29) is 46.0 Å². The Kier molecular flexibility index (Phi) is 9.39. The molecule has 318 valence electrons. The van der Waals surface area contributed by atoms with E-state index in [4.69, 9.17) is 14.2 Å². The minimum absolute atomic E-state index is 0.00302. The molecular formula is C48H42O14. The van der Waals surface area contributed by atoms with Crippen LogP contribution in [0.5, 0.6) is 51.7 Å². The van der Waals surface area contributed by atoms with Crippen LogP contribution in [0.3, 0.4) is 0 Å². The van der Waals surface area contributed by atoms with Gasteiger partial charge in [0, 0.05) is 58.6 Å². The van der Waals surface area contributed by atoms with Gasteiger partial charge in [0.25, 0.3) is 0 Å². The summed E-state index contributed by atoms with van der Waals surface area (Å²) >= 11 is 0. The number of aromatic hydroxyl groups is 7. The van der Waals surface area contributed by atoms with E-state index in [2.05, 4.69) is 0 Å². The van der Waals surface area contributed by atoms with Crippen LogP contribution < -0.4 is 9.47 Å². The molecule has 62 heavy (non-hydrogen) atoms. The highest BCUT2D eigenvalue weighted by molar-refractivity contribution is 5.72. The Morgan fingerprint density at radius 2 is 1.05 bits per heavy atom. The van der Waals surface area contributed by atoms with Crippen molar-refractivity contribution in [1.82, 2.24) is 0 Å². The fraction of sp³-hybridized carbons (Fsp3) is 0.250. The second kappa shape index (κ2) is 14.8. The third kappa shape index (κ3) is 6.21. The van der Waals surface area contributed by atoms with Crippen molar-refractivity contribution < 1.29 is 70.4 Å². The van der Waals surface area contributed by atoms with Crippen molar-refractivity contribution in [3.05, 3.63) is 159 Å². The number of benzene rings is 6. The first-order valence-electron chi connectivity index (χ1n) is 20.1. The number of hydrogen-bond acceptors (Lipinski definition) is 14. The van der Waals surface area contributed by atoms with Crippen LogP contribution >= 0.6 is 0 Å². The average molecular weight is 843 g/mol. The van der Waals surface area contributed by atoms with Crippen molar-refractivity contribution >= 4 is 0 Å². The molecule has 0 amide bonds. The van der Waals surface area contributed by atoms with E-state index < -0.39 is 73.0 Å². The summed E-state index contributed by atoms with van der Waals surface area (Å²) in [7, 11) is 0. The second-order valence-corrected chi connectivity index (χ2v) is 16.5. The number of ether oxygens (including phenoxy) is 3. The van der Waals surface area contributed by atoms with E-state index in [1.165, 1.54) is 48.5 Å². The van der Waals surface area contributed by atoms with Crippen LogP contribution in [-0.4, -0.2) is 93.5 Å². The monoisotopic (exact) mass is 842 g/mol. The molecule has 4 aliphatic rings. The highest BCUT2D eigenvalue weighted by Gasteiger charge is 2.56. The predicted molar refractivity (Wildman–Crippen MR) is 219 cm³/mol. The lowest BCUT2D eigenvalue weighted by Gasteiger charge is -2.39. The predicted octanol–water partition coefficient (Wildman–Crippen LogP) is 5.23. The number of fused-ring (bicyclic) bond motifs is 2. The molecule has 1 saturated heterocycles. The van der Waals surface area contributed by atoms with Gasteiger partial charge in [0.2, 0.25) is 6.29 Å². The number of rotatable bonds is 7. The molecule has 2 heterocycles. The van der Waals surface area contributed by atoms with E-state index in [1.54, 1.807) is 60.7 Å². The zero-order valence-corrected chi connectivity index (χ0v) is 32.6. The van der Waals surface area contributed by atoms with Gasteiger partial charge in [0.1, 0.15) is 82.3 Å². The summed E-state index contributed by atoms with van der Waals surface area (Å²) in [5.74, 6) is -4.07. The zero-order valence-electron chi connectivity index (χ0n) is 32.6. The van der Waals surface area contributed by atoms with Gasteiger partial charge in [-0.15, -0.1) is 0 Å². The van der Waals surface area contributed by atoms with Crippen LogP contribution in [0.15, 0.2) is 109 Å². The smallest absolute Gasteiger partial charge is 0.229 e. The zero-order chi connectivity index (χ0) is 43.3. The van der Waals surface area contributed by atoms with Gasteiger partial charge in [-0.05, 0) is 88.0 Å². The lowest BCUT2D eigenvalue weighted by Crippen LogP contribution is -2.60. The average Bonchev–Trinajstić information content (AvgIpc) is 3.76. The van der Waals surface area contributed by atoms with Gasteiger partial charge in [-0.3, -0.25) is 0 Å². The third-order valence-electron chi connectivity index (χ3n) is 13.0. The van der Waals surface area contributed by atoms with Crippen molar-refractivity contribution in [3.63, 3.8) is 0 Å². The van der Waals surface area contributed by atoms with Gasteiger partial charge in [0.05, 0.1) is 12.5 Å². The molecule has 10 rings (SSSR count). The van der Waals surface area contributed by atoms with E-state index in [1.807, 2.05) is 0 Å². The molecule has 6 aromatic carbocycles. The van der Waals surface area contributed by atoms with Gasteiger partial charge in [0.15, 0.2) is 0 Å². The van der Waals surface area contributed by atoms with Crippen molar-refractivity contribution in [1.29, 1.82) is 0 Å². The summed E-state index contributed by atoms with van der Waals surface area (Å²) < 4.78 is 18.4. The van der Waals surface area contributed by atoms with E-state index in [0.29, 0.717) is 55.8 Å². The molecule has 0 unspecified atom stereocenters. The van der Waals surface area contributed by atoms with E-state index in [9.17, 15) is 56.2 Å². The molecule has 6 aromatic rings. The molecule has 11 atom stereocenters. The van der Waals surface area contributed by atoms with Gasteiger partial charge < -0.3 is 70.4 Å². The van der Waals surface area contributed by atoms with Gasteiger partial charge in [-0.2, -0.15) is 0 Å². The van der Waals surface area contributed by atoms with Gasteiger partial charge >= 0.3 is 0 Å². The van der Waals surface area contributed by atoms with Gasteiger partial charge in [-0.1, -0.05) is 36.4 Å². The Labute approximate surface area is 353 Å². The third-order valence-corrected chi connectivity index (χ3v) is 13.0. The summed E-state index contributed by atoms with van der Waals surface area (Å²) in [5, 5.41) is 120. The van der Waals surface area contributed by atoms with Crippen LogP contribution in [0.2, 0.25) is 0 Å². The molecule has 0 saturated carbocycles. The number of aliphatic hydroxyl groups is 4. The summed E-state index contributed by atoms with van der Waals surface area (Å²) in [6.45, 7) is -0.687. The van der Waals surface area contributed by atoms with Crippen molar-refractivity contribution in [2.75, 3.05) is 6.61 Å². The van der Waals surface area contributed by atoms with Crippen LogP contribution in [0.25, 0.3) is 0 Å². The molecular weight excluding hydrogens is 801 g/mol. The number of phenols is 7. The SMILES string of the molecule is OC[C@H]1O[C@@H](Oc2cc(O)cc([C@@H]3c4c(O)cc5c6c4[C@H]([C@@H](c4ccc(O)cc4)c4c(O)cc(O)cc4[C@@H]6[C@@H](c4ccc(O)cc4)O5)[C@H]3c3ccc(O)cc3)c2)[C@H](O)[C@@H](O)[C@@H]1O. The Balaban J connectivity index is 1.25. The number of hydrogen-bond donors (Lipinski definition) is 11. The van der Waals surface area contributed by atoms with Crippen molar-refractivity contribution in [2.24, 2.45) is 0 Å². The maximum absolute atomic E-state index is 12.4. The lowest BCUT2D eigenvalue weighted by molar-refractivity contribution is -0.277. The van der Waals surface area contributed by atoms with Crippen LogP contribution in [-0.2, 0) is 4.74 Å². The summed E-state index contributed by atoms with van der Waals surface area (Å²) in [4.78, 5) is 0. The largest absolute Gasteiger partial charge is 0.508 e. The number of phenolic OH excluding ortho intramolecular Hbond substituents is 7. The van der Waals surface area contributed by atoms with Gasteiger partial charge in [-0.25, -0.2) is 0 Å². The normalized spacial score (nSPS) is 28.1. The Morgan fingerprint density at radius 1 is 0.468 bits per heavy atom. The Bertz CT molecular complexity index is 2680. The molecule has 2 aliphatic carbocycles. The highest BCUT2D eigenvalue weighted by Crippen LogP contribution is 2.70. The second-order valence-electron chi connectivity index (χ2n) is 16.5. The van der Waals surface area contributed by atoms with Crippen molar-refractivity contribution in [3.8, 4) is 51.7 Å². The Morgan fingerprint density at radius 3 is 1.69 bits per heavy atom. The Hall–Kier alpha value is -6.68. The standard InChI is InChI=1S/C48H42O14/c49-19-34-44(57)45(58)46(59)48(62-34)60-29-14-23(13-27(53)15-29)37-35(20-1-7-24(50)8-2-20)42-36(21-3-9-25(51)10-4-21)38-30(16-28(54)17-31(38)55)39-41-33(18-32(56)40(37)43(41)42)61-47(39)22-5-11-26(52)12-6-22/h1-18,34-37,39,42,44-59H,19H2/t34-,35+,36+,37+,39+,42+,44-,45+,46-,47-,48-/m1/s1. The molecule has 0 spiro atoms. The molecule has 2 aliphatic heterocycles. The summed E-state index contributed by atoms with van der Waals surface area (Å²) in [5.41, 5.74) is 5.26. The minimum Gasteiger partial charge on any atom is -0.508 e. The molecule has 11 N–H and O–H groups in total. The molecule has 0 aromatic heterocycles. The van der Waals surface area contributed by atoms with E-state index in [0.717, 1.165) is 0 Å². The highest BCUT2D eigenvalue weighted by atomic mass is 16.7. The lowest BCUT2D eigenvalue weighted by atomic mass is 9.69. The fourth-order valence-corrected chi connectivity index (χ4v) is 10.4. The topological polar surface area (TPSA) is 250 Å². The molecule has 1 fully saturated rings. The van der Waals surface area contributed by atoms with Crippen LogP contribution in [0, 0.1) is 0 Å². The molecule has 0 radical (unpaired) electrons. The van der Waals surface area contributed by atoms with Crippen molar-refractivity contribution in [2.45, 2.75) is 66.4 Å². The quantitative estimate of drug-likeness (QED) is 0.0986. The maximum atomic E-state index is 12.4. The molecule has 14 heteroatoms. The van der Waals surface area contributed by atoms with E-state index >= 15 is 0 Å². The number of aliphatic hydroxyl groups excluding tert-OH is 4. The first-order valence-corrected chi connectivity index (χ1v) is 20.1. The first-order chi connectivity index (χ1) is 29.8.